The van der Waals surface area contributed by atoms with Gasteiger partial charge in [-0.3, -0.25) is 9.78 Å². The Kier molecular flexibility index (Phi) is 6.52. The molecule has 3 rings (SSSR count). The molecule has 8 heteroatoms. The third-order valence-corrected chi connectivity index (χ3v) is 5.35. The number of benzene rings is 1. The van der Waals surface area contributed by atoms with Crippen molar-refractivity contribution in [1.29, 1.82) is 0 Å². The summed E-state index contributed by atoms with van der Waals surface area (Å²) in [5.41, 5.74) is -0.543. The number of alkyl halides is 3. The van der Waals surface area contributed by atoms with Gasteiger partial charge in [0.05, 0.1) is 5.56 Å². The van der Waals surface area contributed by atoms with Crippen LogP contribution < -0.4 is 0 Å². The van der Waals surface area contributed by atoms with E-state index < -0.39 is 23.5 Å². The topological polar surface area (TPSA) is 36.4 Å². The second-order valence-corrected chi connectivity index (χ2v) is 7.25. The number of rotatable bonds is 5. The Bertz CT molecular complexity index is 834. The fourth-order valence-corrected chi connectivity index (χ4v) is 3.59. The summed E-state index contributed by atoms with van der Waals surface area (Å²) in [6.45, 7) is 2.47. The van der Waals surface area contributed by atoms with E-state index in [4.69, 9.17) is 0 Å². The van der Waals surface area contributed by atoms with Crippen molar-refractivity contribution < 1.29 is 22.4 Å². The molecule has 0 atom stereocenters. The first-order chi connectivity index (χ1) is 13.8. The summed E-state index contributed by atoms with van der Waals surface area (Å²) >= 11 is 0. The van der Waals surface area contributed by atoms with Gasteiger partial charge in [0.2, 0.25) is 0 Å². The summed E-state index contributed by atoms with van der Waals surface area (Å²) < 4.78 is 52.2. The van der Waals surface area contributed by atoms with Gasteiger partial charge < -0.3 is 9.80 Å². The van der Waals surface area contributed by atoms with E-state index in [1.807, 2.05) is 18.2 Å². The van der Waals surface area contributed by atoms with Gasteiger partial charge in [-0.2, -0.15) is 13.2 Å². The summed E-state index contributed by atoms with van der Waals surface area (Å²) in [5, 5.41) is 0. The van der Waals surface area contributed by atoms with Crippen molar-refractivity contribution in [2.45, 2.75) is 31.5 Å². The first kappa shape index (κ1) is 21.2. The van der Waals surface area contributed by atoms with E-state index in [0.29, 0.717) is 12.1 Å². The Hall–Kier alpha value is -2.48. The molecule has 29 heavy (non-hydrogen) atoms. The summed E-state index contributed by atoms with van der Waals surface area (Å²) in [4.78, 5) is 20.7. The molecule has 1 fully saturated rings. The Morgan fingerprint density at radius 3 is 2.55 bits per heavy atom. The molecule has 1 aromatic heterocycles. The summed E-state index contributed by atoms with van der Waals surface area (Å²) in [7, 11) is 1.59. The third-order valence-electron chi connectivity index (χ3n) is 5.35. The van der Waals surface area contributed by atoms with E-state index in [2.05, 4.69) is 9.88 Å². The standard InChI is InChI=1S/C21H23F4N3O/c1-27(20(29)15-5-6-19(22)18(14-15)21(23,24)25)17-8-12-28(13-9-17)11-7-16-4-2-3-10-26-16/h2-6,10,14,17H,7-9,11-13H2,1H3. The Morgan fingerprint density at radius 2 is 1.93 bits per heavy atom. The highest BCUT2D eigenvalue weighted by atomic mass is 19.4. The zero-order valence-corrected chi connectivity index (χ0v) is 16.1. The van der Waals surface area contributed by atoms with Crippen LogP contribution in [0.2, 0.25) is 0 Å². The van der Waals surface area contributed by atoms with Gasteiger partial charge in [-0.1, -0.05) is 6.07 Å². The zero-order chi connectivity index (χ0) is 21.0. The molecule has 2 heterocycles. The highest BCUT2D eigenvalue weighted by Crippen LogP contribution is 2.32. The highest BCUT2D eigenvalue weighted by Gasteiger charge is 2.35. The van der Waals surface area contributed by atoms with Gasteiger partial charge in [0.25, 0.3) is 5.91 Å². The molecule has 1 aliphatic heterocycles. The lowest BCUT2D eigenvalue weighted by Gasteiger charge is -2.36. The molecule has 0 saturated carbocycles. The number of hydrogen-bond donors (Lipinski definition) is 0. The van der Waals surface area contributed by atoms with E-state index in [1.54, 1.807) is 13.2 Å². The second kappa shape index (κ2) is 8.90. The number of pyridine rings is 1. The third kappa shape index (κ3) is 5.32. The van der Waals surface area contributed by atoms with Gasteiger partial charge >= 0.3 is 6.18 Å². The molecule has 1 aliphatic rings. The van der Waals surface area contributed by atoms with Crippen LogP contribution in [0.15, 0.2) is 42.6 Å². The average molecular weight is 409 g/mol. The Balaban J connectivity index is 1.56. The SMILES string of the molecule is CN(C(=O)c1ccc(F)c(C(F)(F)F)c1)C1CCN(CCc2ccccn2)CC1. The predicted octanol–water partition coefficient (Wildman–Crippen LogP) is 4.02. The minimum absolute atomic E-state index is 0.0620. The van der Waals surface area contributed by atoms with Gasteiger partial charge in [0, 0.05) is 56.6 Å². The molecule has 0 spiro atoms. The van der Waals surface area contributed by atoms with E-state index in [9.17, 15) is 22.4 Å². The molecule has 2 aromatic rings. The van der Waals surface area contributed by atoms with Crippen LogP contribution in [0.25, 0.3) is 0 Å². The quantitative estimate of drug-likeness (QED) is 0.700. The molecule has 0 bridgehead atoms. The normalized spacial score (nSPS) is 16.0. The van der Waals surface area contributed by atoms with E-state index in [-0.39, 0.29) is 11.6 Å². The molecule has 4 nitrogen and oxygen atoms in total. The van der Waals surface area contributed by atoms with Crippen molar-refractivity contribution in [2.24, 2.45) is 0 Å². The van der Waals surface area contributed by atoms with Gasteiger partial charge in [-0.25, -0.2) is 4.39 Å². The number of amides is 1. The molecule has 0 radical (unpaired) electrons. The fraction of sp³-hybridized carbons (Fsp3) is 0.429. The van der Waals surface area contributed by atoms with Crippen LogP contribution in [0.4, 0.5) is 17.6 Å². The van der Waals surface area contributed by atoms with Crippen LogP contribution >= 0.6 is 0 Å². The summed E-state index contributed by atoms with van der Waals surface area (Å²) in [5.74, 6) is -1.90. The molecule has 1 saturated heterocycles. The zero-order valence-electron chi connectivity index (χ0n) is 16.1. The van der Waals surface area contributed by atoms with Gasteiger partial charge in [-0.15, -0.1) is 0 Å². The highest BCUT2D eigenvalue weighted by molar-refractivity contribution is 5.94. The second-order valence-electron chi connectivity index (χ2n) is 7.25. The van der Waals surface area contributed by atoms with Crippen LogP contribution in [0.1, 0.15) is 34.5 Å². The molecular weight excluding hydrogens is 386 g/mol. The van der Waals surface area contributed by atoms with Crippen LogP contribution in [0.5, 0.6) is 0 Å². The number of piperidine rings is 1. The number of likely N-dealkylation sites (tertiary alicyclic amines) is 1. The summed E-state index contributed by atoms with van der Waals surface area (Å²) in [6.07, 6.45) is -0.759. The first-order valence-corrected chi connectivity index (χ1v) is 9.52. The largest absolute Gasteiger partial charge is 0.419 e. The molecule has 0 unspecified atom stereocenters. The van der Waals surface area contributed by atoms with Crippen molar-refractivity contribution >= 4 is 5.91 Å². The van der Waals surface area contributed by atoms with Crippen molar-refractivity contribution in [3.05, 3.63) is 65.2 Å². The number of hydrogen-bond acceptors (Lipinski definition) is 3. The minimum atomic E-state index is -4.84. The van der Waals surface area contributed by atoms with Crippen LogP contribution in [-0.2, 0) is 12.6 Å². The van der Waals surface area contributed by atoms with E-state index >= 15 is 0 Å². The van der Waals surface area contributed by atoms with Gasteiger partial charge in [0.1, 0.15) is 5.82 Å². The van der Waals surface area contributed by atoms with Gasteiger partial charge in [0.15, 0.2) is 0 Å². The molecule has 0 aliphatic carbocycles. The predicted molar refractivity (Wildman–Crippen MR) is 101 cm³/mol. The minimum Gasteiger partial charge on any atom is -0.339 e. The Morgan fingerprint density at radius 1 is 1.21 bits per heavy atom. The van der Waals surface area contributed by atoms with Crippen molar-refractivity contribution in [1.82, 2.24) is 14.8 Å². The molecule has 0 N–H and O–H groups in total. The van der Waals surface area contributed by atoms with Crippen LogP contribution in [0.3, 0.4) is 0 Å². The van der Waals surface area contributed by atoms with Crippen LogP contribution in [0, 0.1) is 5.82 Å². The van der Waals surface area contributed by atoms with Crippen molar-refractivity contribution in [3.63, 3.8) is 0 Å². The number of carbonyl (C=O) groups is 1. The lowest BCUT2D eigenvalue weighted by Crippen LogP contribution is -2.46. The lowest BCUT2D eigenvalue weighted by molar-refractivity contribution is -0.140. The van der Waals surface area contributed by atoms with Crippen molar-refractivity contribution in [3.8, 4) is 0 Å². The van der Waals surface area contributed by atoms with Gasteiger partial charge in [-0.05, 0) is 43.2 Å². The first-order valence-electron chi connectivity index (χ1n) is 9.52. The maximum atomic E-state index is 13.5. The maximum Gasteiger partial charge on any atom is 0.419 e. The number of nitrogens with zero attached hydrogens (tertiary/aromatic N) is 3. The number of carbonyl (C=O) groups excluding carboxylic acids is 1. The smallest absolute Gasteiger partial charge is 0.339 e. The molecule has 1 amide bonds. The molecule has 1 aromatic carbocycles. The van der Waals surface area contributed by atoms with Crippen LogP contribution in [-0.4, -0.2) is 53.4 Å². The van der Waals surface area contributed by atoms with E-state index in [0.717, 1.165) is 50.7 Å². The maximum absolute atomic E-state index is 13.5. The number of aromatic nitrogens is 1. The fourth-order valence-electron chi connectivity index (χ4n) is 3.59. The number of halogens is 4. The monoisotopic (exact) mass is 409 g/mol. The molecular formula is C21H23F4N3O. The average Bonchev–Trinajstić information content (AvgIpc) is 2.72. The Labute approximate surface area is 167 Å². The molecule has 156 valence electrons. The van der Waals surface area contributed by atoms with E-state index in [1.165, 1.54) is 4.90 Å². The lowest BCUT2D eigenvalue weighted by atomic mass is 10.0. The summed E-state index contributed by atoms with van der Waals surface area (Å²) in [6, 6.07) is 8.14. The van der Waals surface area contributed by atoms with Crippen molar-refractivity contribution in [2.75, 3.05) is 26.7 Å².